The lowest BCUT2D eigenvalue weighted by molar-refractivity contribution is -0.881. The fourth-order valence-electron chi connectivity index (χ4n) is 2.40. The number of hydrogen-bond acceptors (Lipinski definition) is 5. The Labute approximate surface area is 153 Å². The Morgan fingerprint density at radius 3 is 2.42 bits per heavy atom. The molecule has 0 fully saturated rings. The van der Waals surface area contributed by atoms with Gasteiger partial charge in [-0.2, -0.15) is 0 Å². The molecule has 0 saturated heterocycles. The van der Waals surface area contributed by atoms with Gasteiger partial charge in [-0.25, -0.2) is 4.79 Å². The first-order valence-electron chi connectivity index (χ1n) is 8.68. The SMILES string of the molecule is CCOC(=O)NC(=O)C[NH+](CC)CC(=O)NCCc1ccccc1OC. The Kier molecular flexibility index (Phi) is 9.78. The molecule has 1 aromatic carbocycles. The molecule has 1 aromatic rings. The predicted octanol–water partition coefficient (Wildman–Crippen LogP) is -0.469. The van der Waals surface area contributed by atoms with Crippen LogP contribution in [0.1, 0.15) is 19.4 Å². The lowest BCUT2D eigenvalue weighted by Crippen LogP contribution is -3.14. The molecule has 1 rings (SSSR count). The van der Waals surface area contributed by atoms with Crippen LogP contribution in [-0.2, 0) is 20.7 Å². The molecular formula is C18H28N3O5+. The molecule has 1 unspecified atom stereocenters. The minimum absolute atomic E-state index is 0.0231. The summed E-state index contributed by atoms with van der Waals surface area (Å²) in [7, 11) is 1.61. The highest BCUT2D eigenvalue weighted by Gasteiger charge is 2.18. The zero-order chi connectivity index (χ0) is 19.4. The van der Waals surface area contributed by atoms with Crippen molar-refractivity contribution in [3.05, 3.63) is 29.8 Å². The average Bonchev–Trinajstić information content (AvgIpc) is 2.61. The van der Waals surface area contributed by atoms with Crippen molar-refractivity contribution >= 4 is 17.9 Å². The lowest BCUT2D eigenvalue weighted by atomic mass is 10.1. The quantitative estimate of drug-likeness (QED) is 0.520. The van der Waals surface area contributed by atoms with Gasteiger partial charge >= 0.3 is 6.09 Å². The topological polar surface area (TPSA) is 98.2 Å². The van der Waals surface area contributed by atoms with Crippen LogP contribution in [0.25, 0.3) is 0 Å². The van der Waals surface area contributed by atoms with Gasteiger partial charge in [0.1, 0.15) is 5.75 Å². The molecule has 0 aromatic heterocycles. The number of amides is 3. The molecule has 26 heavy (non-hydrogen) atoms. The second-order valence-corrected chi connectivity index (χ2v) is 5.64. The Bertz CT molecular complexity index is 606. The third-order valence-electron chi connectivity index (χ3n) is 3.75. The number of alkyl carbamates (subject to hydrolysis) is 1. The number of ether oxygens (including phenoxy) is 2. The highest BCUT2D eigenvalue weighted by Crippen LogP contribution is 2.17. The normalized spacial score (nSPS) is 11.3. The van der Waals surface area contributed by atoms with E-state index in [1.165, 1.54) is 0 Å². The first-order valence-corrected chi connectivity index (χ1v) is 8.68. The Morgan fingerprint density at radius 2 is 1.77 bits per heavy atom. The van der Waals surface area contributed by atoms with Crippen LogP contribution in [0.5, 0.6) is 5.75 Å². The van der Waals surface area contributed by atoms with E-state index in [9.17, 15) is 14.4 Å². The first-order chi connectivity index (χ1) is 12.5. The van der Waals surface area contributed by atoms with Crippen LogP contribution < -0.4 is 20.3 Å². The average molecular weight is 366 g/mol. The van der Waals surface area contributed by atoms with Gasteiger partial charge in [-0.3, -0.25) is 14.9 Å². The number of hydrogen-bond donors (Lipinski definition) is 3. The molecule has 3 amide bonds. The lowest BCUT2D eigenvalue weighted by Gasteiger charge is -2.16. The maximum Gasteiger partial charge on any atom is 0.414 e. The number of quaternary nitrogens is 1. The molecule has 3 N–H and O–H groups in total. The highest BCUT2D eigenvalue weighted by atomic mass is 16.5. The molecular weight excluding hydrogens is 338 g/mol. The molecule has 0 aliphatic rings. The largest absolute Gasteiger partial charge is 0.496 e. The van der Waals surface area contributed by atoms with E-state index in [1.54, 1.807) is 14.0 Å². The van der Waals surface area contributed by atoms with Crippen LogP contribution >= 0.6 is 0 Å². The standard InChI is InChI=1S/C18H27N3O5/c1-4-21(13-17(23)20-18(24)26-5-2)12-16(22)19-11-10-14-8-6-7-9-15(14)25-3/h6-9H,4-5,10-13H2,1-3H3,(H,19,22)(H,20,23,24)/p+1. The van der Waals surface area contributed by atoms with Gasteiger partial charge in [-0.05, 0) is 31.9 Å². The van der Waals surface area contributed by atoms with E-state index in [-0.39, 0.29) is 25.6 Å². The van der Waals surface area contributed by atoms with E-state index >= 15 is 0 Å². The summed E-state index contributed by atoms with van der Waals surface area (Å²) in [5, 5.41) is 4.97. The van der Waals surface area contributed by atoms with Crippen LogP contribution in [0, 0.1) is 0 Å². The van der Waals surface area contributed by atoms with Gasteiger partial charge in [0, 0.05) is 6.54 Å². The van der Waals surface area contributed by atoms with Crippen LogP contribution in [0.3, 0.4) is 0 Å². The molecule has 0 heterocycles. The smallest absolute Gasteiger partial charge is 0.414 e. The number of benzene rings is 1. The maximum absolute atomic E-state index is 12.1. The monoisotopic (exact) mass is 366 g/mol. The summed E-state index contributed by atoms with van der Waals surface area (Å²) in [6.07, 6.45) is -0.116. The van der Waals surface area contributed by atoms with E-state index in [4.69, 9.17) is 4.74 Å². The van der Waals surface area contributed by atoms with E-state index in [0.29, 0.717) is 19.5 Å². The molecule has 0 saturated carbocycles. The number of carbonyl (C=O) groups is 3. The molecule has 0 bridgehead atoms. The summed E-state index contributed by atoms with van der Waals surface area (Å²) in [5.41, 5.74) is 1.02. The van der Waals surface area contributed by atoms with Crippen molar-refractivity contribution in [2.75, 3.05) is 39.9 Å². The first kappa shape index (κ1) is 21.4. The van der Waals surface area contributed by atoms with Crippen molar-refractivity contribution in [2.24, 2.45) is 0 Å². The summed E-state index contributed by atoms with van der Waals surface area (Å²) in [4.78, 5) is 35.8. The Hall–Kier alpha value is -2.61. The van der Waals surface area contributed by atoms with Crippen LogP contribution in [-0.4, -0.2) is 57.8 Å². The third kappa shape index (κ3) is 7.98. The summed E-state index contributed by atoms with van der Waals surface area (Å²) in [6, 6.07) is 7.64. The summed E-state index contributed by atoms with van der Waals surface area (Å²) < 4.78 is 9.93. The van der Waals surface area contributed by atoms with Gasteiger partial charge in [0.2, 0.25) is 0 Å². The molecule has 8 heteroatoms. The van der Waals surface area contributed by atoms with Gasteiger partial charge in [-0.1, -0.05) is 18.2 Å². The van der Waals surface area contributed by atoms with Crippen molar-refractivity contribution in [1.29, 1.82) is 0 Å². The number of carbonyl (C=O) groups excluding carboxylic acids is 3. The third-order valence-corrected chi connectivity index (χ3v) is 3.75. The number of methoxy groups -OCH3 is 1. The van der Waals surface area contributed by atoms with Crippen LogP contribution in [0.2, 0.25) is 0 Å². The number of imide groups is 1. The van der Waals surface area contributed by atoms with Gasteiger partial charge in [0.25, 0.3) is 11.8 Å². The van der Waals surface area contributed by atoms with Crippen LogP contribution in [0.15, 0.2) is 24.3 Å². The van der Waals surface area contributed by atoms with Crippen molar-refractivity contribution in [2.45, 2.75) is 20.3 Å². The molecule has 0 spiro atoms. The van der Waals surface area contributed by atoms with E-state index < -0.39 is 12.0 Å². The van der Waals surface area contributed by atoms with Crippen molar-refractivity contribution in [1.82, 2.24) is 10.6 Å². The number of likely N-dealkylation sites (N-methyl/N-ethyl adjacent to an activating group) is 1. The Morgan fingerprint density at radius 1 is 1.08 bits per heavy atom. The maximum atomic E-state index is 12.1. The number of nitrogens with one attached hydrogen (secondary N) is 3. The van der Waals surface area contributed by atoms with E-state index in [0.717, 1.165) is 16.2 Å². The van der Waals surface area contributed by atoms with Gasteiger partial charge in [0.15, 0.2) is 13.1 Å². The van der Waals surface area contributed by atoms with Gasteiger partial charge in [0.05, 0.1) is 20.3 Å². The van der Waals surface area contributed by atoms with E-state index in [2.05, 4.69) is 15.4 Å². The van der Waals surface area contributed by atoms with Gasteiger partial charge in [-0.15, -0.1) is 0 Å². The van der Waals surface area contributed by atoms with E-state index in [1.807, 2.05) is 31.2 Å². The van der Waals surface area contributed by atoms with Crippen LogP contribution in [0.4, 0.5) is 4.79 Å². The summed E-state index contributed by atoms with van der Waals surface area (Å²) in [6.45, 7) is 4.95. The molecule has 8 nitrogen and oxygen atoms in total. The summed E-state index contributed by atoms with van der Waals surface area (Å²) >= 11 is 0. The highest BCUT2D eigenvalue weighted by molar-refractivity contribution is 5.92. The van der Waals surface area contributed by atoms with Gasteiger partial charge < -0.3 is 19.7 Å². The predicted molar refractivity (Wildman–Crippen MR) is 96.1 cm³/mol. The zero-order valence-electron chi connectivity index (χ0n) is 15.6. The minimum atomic E-state index is -0.769. The Balaban J connectivity index is 2.37. The molecule has 0 radical (unpaired) electrons. The second-order valence-electron chi connectivity index (χ2n) is 5.64. The minimum Gasteiger partial charge on any atom is -0.496 e. The number of para-hydroxylation sites is 1. The number of rotatable bonds is 10. The fourth-order valence-corrected chi connectivity index (χ4v) is 2.40. The summed E-state index contributed by atoms with van der Waals surface area (Å²) in [5.74, 6) is 0.168. The van der Waals surface area contributed by atoms with Crippen molar-refractivity contribution in [3.8, 4) is 5.75 Å². The zero-order valence-corrected chi connectivity index (χ0v) is 15.6. The fraction of sp³-hybridized carbons (Fsp3) is 0.500. The van der Waals surface area contributed by atoms with Crippen molar-refractivity contribution < 1.29 is 28.8 Å². The van der Waals surface area contributed by atoms with Crippen molar-refractivity contribution in [3.63, 3.8) is 0 Å². The molecule has 1 atom stereocenters. The molecule has 144 valence electrons. The molecule has 0 aliphatic carbocycles. The molecule has 0 aliphatic heterocycles. The second kappa shape index (κ2) is 11.9.